The van der Waals surface area contributed by atoms with Crippen LogP contribution in [0, 0.1) is 10.6 Å². The van der Waals surface area contributed by atoms with Gasteiger partial charge in [0.1, 0.15) is 5.82 Å². The first-order valence-corrected chi connectivity index (χ1v) is 8.67. The summed E-state index contributed by atoms with van der Waals surface area (Å²) in [5.41, 5.74) is 1.64. The molecule has 0 amide bonds. The summed E-state index contributed by atoms with van der Waals surface area (Å²) in [5, 5.41) is 0. The molecule has 0 fully saturated rings. The molecule has 2 aromatic heterocycles. The molecule has 0 aliphatic carbocycles. The second-order valence-corrected chi connectivity index (χ2v) is 8.11. The number of nitrogens with one attached hydrogen (secondary N) is 1. The molecule has 0 radical (unpaired) electrons. The Labute approximate surface area is 140 Å². The predicted molar refractivity (Wildman–Crippen MR) is 90.5 cm³/mol. The van der Waals surface area contributed by atoms with E-state index in [0.29, 0.717) is 9.24 Å². The van der Waals surface area contributed by atoms with Gasteiger partial charge in [-0.25, -0.2) is 4.39 Å². The Morgan fingerprint density at radius 3 is 2.80 bits per heavy atom. The minimum atomic E-state index is -0.279. The topological polar surface area (TPSA) is 20.7 Å². The fourth-order valence-corrected chi connectivity index (χ4v) is 4.20. The van der Waals surface area contributed by atoms with Gasteiger partial charge in [0, 0.05) is 17.5 Å². The van der Waals surface area contributed by atoms with Gasteiger partial charge in [-0.15, -0.1) is 11.3 Å². The first kappa shape index (κ1) is 14.4. The van der Waals surface area contributed by atoms with Gasteiger partial charge in [-0.2, -0.15) is 0 Å². The van der Waals surface area contributed by atoms with E-state index < -0.39 is 0 Å². The molecule has 0 bridgehead atoms. The molecule has 104 valence electrons. The lowest BCUT2D eigenvalue weighted by Crippen LogP contribution is -2.00. The fraction of sp³-hybridized carbons (Fsp3) is 0.154. The van der Waals surface area contributed by atoms with Crippen LogP contribution in [0.15, 0.2) is 32.5 Å². The highest BCUT2D eigenvalue weighted by atomic mass is 79.9. The summed E-state index contributed by atoms with van der Waals surface area (Å²) in [4.78, 5) is 4.38. The van der Waals surface area contributed by atoms with Crippen LogP contribution < -0.4 is 0 Å². The molecular formula is C13H9Br2FN2S2. The third-order valence-corrected chi connectivity index (χ3v) is 5.64. The van der Waals surface area contributed by atoms with Crippen LogP contribution >= 0.6 is 55.4 Å². The molecule has 0 spiro atoms. The number of rotatable bonds is 3. The molecule has 7 heteroatoms. The fourth-order valence-electron chi connectivity index (χ4n) is 2.08. The Morgan fingerprint density at radius 1 is 1.30 bits per heavy atom. The summed E-state index contributed by atoms with van der Waals surface area (Å²) < 4.78 is 17.8. The Balaban J connectivity index is 1.96. The van der Waals surface area contributed by atoms with Gasteiger partial charge >= 0.3 is 0 Å². The lowest BCUT2D eigenvalue weighted by Gasteiger charge is -2.04. The van der Waals surface area contributed by atoms with Crippen LogP contribution in [-0.4, -0.2) is 9.55 Å². The monoisotopic (exact) mass is 434 g/mol. The van der Waals surface area contributed by atoms with Crippen LogP contribution in [0.4, 0.5) is 4.39 Å². The molecule has 1 aromatic carbocycles. The maximum absolute atomic E-state index is 13.7. The Bertz CT molecular complexity index is 835. The van der Waals surface area contributed by atoms with Gasteiger partial charge < -0.3 is 9.55 Å². The zero-order chi connectivity index (χ0) is 14.3. The van der Waals surface area contributed by atoms with Crippen LogP contribution in [0.3, 0.4) is 0 Å². The average Bonchev–Trinajstić information content (AvgIpc) is 2.92. The zero-order valence-electron chi connectivity index (χ0n) is 10.1. The maximum Gasteiger partial charge on any atom is 0.178 e. The van der Waals surface area contributed by atoms with Gasteiger partial charge in [0.2, 0.25) is 0 Å². The van der Waals surface area contributed by atoms with Gasteiger partial charge in [0.25, 0.3) is 0 Å². The van der Waals surface area contributed by atoms with E-state index in [9.17, 15) is 4.39 Å². The maximum atomic E-state index is 13.7. The van der Waals surface area contributed by atoms with E-state index >= 15 is 0 Å². The molecule has 3 rings (SSSR count). The number of halogens is 3. The number of imidazole rings is 1. The normalized spacial score (nSPS) is 11.3. The number of hydrogen-bond acceptors (Lipinski definition) is 2. The molecule has 0 aliphatic heterocycles. The summed E-state index contributed by atoms with van der Waals surface area (Å²) in [6, 6.07) is 7.35. The largest absolute Gasteiger partial charge is 0.331 e. The highest BCUT2D eigenvalue weighted by molar-refractivity contribution is 9.11. The number of thiophene rings is 1. The molecule has 3 aromatic rings. The summed E-state index contributed by atoms with van der Waals surface area (Å²) in [6.45, 7) is 0.729. The van der Waals surface area contributed by atoms with E-state index in [1.807, 2.05) is 10.6 Å². The van der Waals surface area contributed by atoms with Crippen molar-refractivity contribution in [3.05, 3.63) is 48.0 Å². The number of aromatic nitrogens is 2. The molecule has 0 aliphatic rings. The molecule has 0 atom stereocenters. The highest BCUT2D eigenvalue weighted by Gasteiger charge is 2.09. The average molecular weight is 436 g/mol. The van der Waals surface area contributed by atoms with Gasteiger partial charge in [-0.1, -0.05) is 0 Å². The van der Waals surface area contributed by atoms with Gasteiger partial charge in [-0.05, 0) is 68.7 Å². The molecule has 2 nitrogen and oxygen atoms in total. The number of fused-ring (bicyclic) bond motifs is 1. The number of H-pyrrole nitrogens is 1. The van der Waals surface area contributed by atoms with Crippen molar-refractivity contribution < 1.29 is 4.39 Å². The molecule has 0 unspecified atom stereocenters. The van der Waals surface area contributed by atoms with Crippen molar-refractivity contribution in [2.45, 2.75) is 13.0 Å². The quantitative estimate of drug-likeness (QED) is 0.525. The van der Waals surface area contributed by atoms with Crippen molar-refractivity contribution in [1.82, 2.24) is 9.55 Å². The molecule has 0 saturated carbocycles. The number of aromatic amines is 1. The number of nitrogens with zero attached hydrogens (tertiary/aromatic N) is 1. The first-order valence-electron chi connectivity index (χ1n) is 5.86. The Hall–Kier alpha value is -0.500. The third-order valence-electron chi connectivity index (χ3n) is 3.03. The SMILES string of the molecule is Fc1cc2c(cc1Br)[nH]c(=S)n2CCc1ccc(Br)s1. The lowest BCUT2D eigenvalue weighted by molar-refractivity contribution is 0.621. The lowest BCUT2D eigenvalue weighted by atomic mass is 10.3. The number of aryl methyl sites for hydroxylation is 2. The van der Waals surface area contributed by atoms with Crippen LogP contribution in [0.25, 0.3) is 11.0 Å². The van der Waals surface area contributed by atoms with E-state index in [0.717, 1.165) is 27.8 Å². The summed E-state index contributed by atoms with van der Waals surface area (Å²) in [5.74, 6) is -0.279. The van der Waals surface area contributed by atoms with Crippen LogP contribution in [0.5, 0.6) is 0 Å². The molecule has 1 N–H and O–H groups in total. The van der Waals surface area contributed by atoms with Crippen molar-refractivity contribution in [2.24, 2.45) is 0 Å². The van der Waals surface area contributed by atoms with Crippen molar-refractivity contribution in [2.75, 3.05) is 0 Å². The second-order valence-electron chi connectivity index (χ2n) is 4.32. The number of benzene rings is 1. The van der Waals surface area contributed by atoms with Crippen molar-refractivity contribution in [1.29, 1.82) is 0 Å². The smallest absolute Gasteiger partial charge is 0.178 e. The Morgan fingerprint density at radius 2 is 2.10 bits per heavy atom. The first-order chi connectivity index (χ1) is 9.54. The van der Waals surface area contributed by atoms with E-state index in [1.54, 1.807) is 17.4 Å². The Kier molecular flexibility index (Phi) is 4.12. The van der Waals surface area contributed by atoms with E-state index in [-0.39, 0.29) is 5.82 Å². The standard InChI is InChI=1S/C13H9Br2FN2S2/c14-8-5-10-11(6-9(8)16)18(13(19)17-10)4-3-7-1-2-12(15)20-7/h1-2,5-6H,3-4H2,(H,17,19). The molecule has 0 saturated heterocycles. The minimum Gasteiger partial charge on any atom is -0.331 e. The van der Waals surface area contributed by atoms with Crippen molar-refractivity contribution >= 4 is 66.4 Å². The number of hydrogen-bond donors (Lipinski definition) is 1. The predicted octanol–water partition coefficient (Wildman–Crippen LogP) is 5.67. The minimum absolute atomic E-state index is 0.279. The zero-order valence-corrected chi connectivity index (χ0v) is 14.9. The van der Waals surface area contributed by atoms with Crippen molar-refractivity contribution in [3.63, 3.8) is 0 Å². The van der Waals surface area contributed by atoms with Crippen LogP contribution in [0.2, 0.25) is 0 Å². The van der Waals surface area contributed by atoms with Crippen LogP contribution in [0.1, 0.15) is 4.88 Å². The summed E-state index contributed by atoms with van der Waals surface area (Å²) in [6.07, 6.45) is 0.870. The van der Waals surface area contributed by atoms with E-state index in [2.05, 4.69) is 42.9 Å². The van der Waals surface area contributed by atoms with Crippen molar-refractivity contribution in [3.8, 4) is 0 Å². The molecular weight excluding hydrogens is 427 g/mol. The molecule has 20 heavy (non-hydrogen) atoms. The van der Waals surface area contributed by atoms with E-state index in [4.69, 9.17) is 12.2 Å². The van der Waals surface area contributed by atoms with Crippen LogP contribution in [-0.2, 0) is 13.0 Å². The van der Waals surface area contributed by atoms with Gasteiger partial charge in [0.15, 0.2) is 4.77 Å². The third kappa shape index (κ3) is 2.77. The second kappa shape index (κ2) is 5.71. The molecule has 2 heterocycles. The summed E-state index contributed by atoms with van der Waals surface area (Å²) in [7, 11) is 0. The van der Waals surface area contributed by atoms with Gasteiger partial charge in [-0.3, -0.25) is 0 Å². The van der Waals surface area contributed by atoms with Gasteiger partial charge in [0.05, 0.1) is 19.3 Å². The van der Waals surface area contributed by atoms with E-state index in [1.165, 1.54) is 10.9 Å². The summed E-state index contributed by atoms with van der Waals surface area (Å²) >= 11 is 13.7. The highest BCUT2D eigenvalue weighted by Crippen LogP contribution is 2.25.